The van der Waals surface area contributed by atoms with Crippen LogP contribution in [0.5, 0.6) is 5.75 Å². The summed E-state index contributed by atoms with van der Waals surface area (Å²) in [5.74, 6) is -4.02. The molecule has 0 aromatic heterocycles. The van der Waals surface area contributed by atoms with E-state index in [1.165, 1.54) is 6.26 Å². The highest BCUT2D eigenvalue weighted by molar-refractivity contribution is 8.12. The summed E-state index contributed by atoms with van der Waals surface area (Å²) in [4.78, 5) is 22.3. The largest absolute Gasteiger partial charge is 0.453 e. The van der Waals surface area contributed by atoms with E-state index in [0.29, 0.717) is 0 Å². The average Bonchev–Trinajstić information content (AvgIpc) is 2.39. The molecule has 0 radical (unpaired) electrons. The number of halogens is 2. The van der Waals surface area contributed by atoms with Crippen LogP contribution in [-0.4, -0.2) is 17.5 Å². The first-order valence-electron chi connectivity index (χ1n) is 5.75. The lowest BCUT2D eigenvalue weighted by molar-refractivity contribution is -0.138. The molecule has 0 N–H and O–H groups in total. The van der Waals surface area contributed by atoms with Crippen molar-refractivity contribution in [2.24, 2.45) is 5.92 Å². The molecule has 0 fully saturated rings. The summed E-state index contributed by atoms with van der Waals surface area (Å²) in [6, 6.07) is 1.92. The predicted molar refractivity (Wildman–Crippen MR) is 70.5 cm³/mol. The Hall–Kier alpha value is -1.63. The summed E-state index contributed by atoms with van der Waals surface area (Å²) in [6.07, 6.45) is 1.53. The summed E-state index contributed by atoms with van der Waals surface area (Å²) in [5, 5.41) is -0.555. The normalized spacial score (nSPS) is 10.5. The molecule has 0 aliphatic heterocycles. The lowest BCUT2D eigenvalue weighted by Crippen LogP contribution is -2.16. The van der Waals surface area contributed by atoms with Gasteiger partial charge in [0, 0.05) is 0 Å². The minimum Gasteiger partial charge on any atom is -0.453 e. The van der Waals surface area contributed by atoms with Gasteiger partial charge in [-0.15, -0.1) is 0 Å². The molecule has 0 aliphatic carbocycles. The Morgan fingerprint density at radius 3 is 2.25 bits per heavy atom. The number of hydrogen-bond acceptors (Lipinski definition) is 5. The quantitative estimate of drug-likeness (QED) is 0.629. The number of rotatable bonds is 4. The van der Waals surface area contributed by atoms with Crippen LogP contribution in [0.3, 0.4) is 0 Å². The summed E-state index contributed by atoms with van der Waals surface area (Å²) in [6.45, 7) is 2.84. The van der Waals surface area contributed by atoms with Crippen molar-refractivity contribution in [3.8, 4) is 5.75 Å². The zero-order valence-corrected chi connectivity index (χ0v) is 12.1. The third-order valence-electron chi connectivity index (χ3n) is 2.26. The number of thioether (sulfide) groups is 1. The first-order chi connectivity index (χ1) is 9.35. The van der Waals surface area contributed by atoms with Gasteiger partial charge in [0.1, 0.15) is 6.61 Å². The van der Waals surface area contributed by atoms with Crippen LogP contribution >= 0.6 is 11.8 Å². The first kappa shape index (κ1) is 16.4. The van der Waals surface area contributed by atoms with Crippen molar-refractivity contribution < 1.29 is 27.8 Å². The Kier molecular flexibility index (Phi) is 5.94. The van der Waals surface area contributed by atoms with E-state index in [4.69, 9.17) is 4.74 Å². The molecule has 0 atom stereocenters. The van der Waals surface area contributed by atoms with Gasteiger partial charge >= 0.3 is 11.3 Å². The molecule has 0 heterocycles. The van der Waals surface area contributed by atoms with E-state index >= 15 is 0 Å². The molecule has 0 amide bonds. The number of hydrogen-bond donors (Lipinski definition) is 0. The average molecular weight is 304 g/mol. The third-order valence-corrected chi connectivity index (χ3v) is 2.71. The number of benzene rings is 1. The highest BCUT2D eigenvalue weighted by Gasteiger charge is 2.18. The van der Waals surface area contributed by atoms with Crippen LogP contribution in [0.4, 0.5) is 13.6 Å². The lowest BCUT2D eigenvalue weighted by Gasteiger charge is -2.10. The van der Waals surface area contributed by atoms with E-state index in [1.54, 1.807) is 13.8 Å². The summed E-state index contributed by atoms with van der Waals surface area (Å²) in [5.41, 5.74) is 0.131. The molecule has 4 nitrogen and oxygen atoms in total. The van der Waals surface area contributed by atoms with Crippen LogP contribution in [0.1, 0.15) is 19.4 Å². The van der Waals surface area contributed by atoms with Gasteiger partial charge in [0.05, 0.1) is 5.92 Å². The molecule has 7 heteroatoms. The molecule has 0 saturated heterocycles. The molecule has 0 unspecified atom stereocenters. The van der Waals surface area contributed by atoms with Crippen LogP contribution < -0.4 is 4.74 Å². The summed E-state index contributed by atoms with van der Waals surface area (Å²) >= 11 is 0.849. The van der Waals surface area contributed by atoms with E-state index in [2.05, 4.69) is 4.74 Å². The van der Waals surface area contributed by atoms with Crippen molar-refractivity contribution >= 4 is 23.0 Å². The fourth-order valence-electron chi connectivity index (χ4n) is 1.21. The molecule has 1 aromatic rings. The second-order valence-corrected chi connectivity index (χ2v) is 4.95. The summed E-state index contributed by atoms with van der Waals surface area (Å²) < 4.78 is 36.7. The van der Waals surface area contributed by atoms with Crippen molar-refractivity contribution in [1.29, 1.82) is 0 Å². The smallest absolute Gasteiger partial charge is 0.367 e. The molecule has 1 aromatic carbocycles. The minimum absolute atomic E-state index is 0.131. The van der Waals surface area contributed by atoms with E-state index in [-0.39, 0.29) is 12.2 Å². The van der Waals surface area contributed by atoms with Crippen LogP contribution in [-0.2, 0) is 16.1 Å². The Morgan fingerprint density at radius 2 is 1.80 bits per heavy atom. The Labute approximate surface area is 119 Å². The molecule has 0 saturated carbocycles. The number of ether oxygens (including phenoxy) is 2. The number of carbonyl (C=O) groups is 2. The van der Waals surface area contributed by atoms with Crippen molar-refractivity contribution in [3.63, 3.8) is 0 Å². The molecule has 20 heavy (non-hydrogen) atoms. The molecule has 0 bridgehead atoms. The van der Waals surface area contributed by atoms with Crippen molar-refractivity contribution in [3.05, 3.63) is 29.3 Å². The first-order valence-corrected chi connectivity index (χ1v) is 6.98. The monoisotopic (exact) mass is 304 g/mol. The van der Waals surface area contributed by atoms with Gasteiger partial charge in [-0.3, -0.25) is 4.79 Å². The van der Waals surface area contributed by atoms with Gasteiger partial charge in [-0.2, -0.15) is 0 Å². The van der Waals surface area contributed by atoms with E-state index < -0.39 is 34.6 Å². The van der Waals surface area contributed by atoms with Gasteiger partial charge in [0.15, 0.2) is 11.6 Å². The van der Waals surface area contributed by atoms with Crippen LogP contribution in [0, 0.1) is 17.6 Å². The molecule has 0 spiro atoms. The van der Waals surface area contributed by atoms with Crippen molar-refractivity contribution in [2.75, 3.05) is 6.26 Å². The molecular formula is C13H14F2O4S. The Morgan fingerprint density at radius 1 is 1.25 bits per heavy atom. The molecule has 1 rings (SSSR count). The van der Waals surface area contributed by atoms with Crippen LogP contribution in [0.2, 0.25) is 0 Å². The second-order valence-electron chi connectivity index (χ2n) is 4.21. The maximum absolute atomic E-state index is 13.7. The standard InChI is InChI=1S/C13H14F2O4S/c1-7(2)12(16)19-11-9(14)4-8(5-10(11)15)6-18-13(17)20-3/h4-5,7H,6H2,1-3H3. The van der Waals surface area contributed by atoms with Gasteiger partial charge in [-0.25, -0.2) is 13.6 Å². The number of carbonyl (C=O) groups excluding carboxylic acids is 2. The zero-order chi connectivity index (χ0) is 15.3. The SMILES string of the molecule is CSC(=O)OCc1cc(F)c(OC(=O)C(C)C)c(F)c1. The van der Waals surface area contributed by atoms with Crippen LogP contribution in [0.15, 0.2) is 12.1 Å². The van der Waals surface area contributed by atoms with Gasteiger partial charge < -0.3 is 9.47 Å². The minimum atomic E-state index is -1.02. The van der Waals surface area contributed by atoms with Crippen molar-refractivity contribution in [2.45, 2.75) is 20.5 Å². The Bertz CT molecular complexity index is 494. The number of esters is 1. The molecule has 110 valence electrons. The van der Waals surface area contributed by atoms with E-state index in [9.17, 15) is 18.4 Å². The zero-order valence-electron chi connectivity index (χ0n) is 11.2. The lowest BCUT2D eigenvalue weighted by atomic mass is 10.2. The maximum atomic E-state index is 13.7. The van der Waals surface area contributed by atoms with Gasteiger partial charge in [0.2, 0.25) is 5.75 Å². The van der Waals surface area contributed by atoms with Crippen molar-refractivity contribution in [1.82, 2.24) is 0 Å². The predicted octanol–water partition coefficient (Wildman–Crippen LogP) is 3.53. The van der Waals surface area contributed by atoms with E-state index in [1.807, 2.05) is 0 Å². The Balaban J connectivity index is 2.86. The molecular weight excluding hydrogens is 290 g/mol. The fourth-order valence-corrected chi connectivity index (χ4v) is 1.39. The van der Waals surface area contributed by atoms with E-state index in [0.717, 1.165) is 23.9 Å². The van der Waals surface area contributed by atoms with Gasteiger partial charge in [-0.05, 0) is 35.7 Å². The highest BCUT2D eigenvalue weighted by Crippen LogP contribution is 2.24. The second kappa shape index (κ2) is 7.23. The third kappa shape index (κ3) is 4.48. The fraction of sp³-hybridized carbons (Fsp3) is 0.385. The van der Waals surface area contributed by atoms with Crippen LogP contribution in [0.25, 0.3) is 0 Å². The maximum Gasteiger partial charge on any atom is 0.367 e. The highest BCUT2D eigenvalue weighted by atomic mass is 32.2. The molecule has 0 aliphatic rings. The van der Waals surface area contributed by atoms with Gasteiger partial charge in [0.25, 0.3) is 0 Å². The van der Waals surface area contributed by atoms with Gasteiger partial charge in [-0.1, -0.05) is 13.8 Å². The summed E-state index contributed by atoms with van der Waals surface area (Å²) in [7, 11) is 0. The topological polar surface area (TPSA) is 52.6 Å².